The van der Waals surface area contributed by atoms with Crippen molar-refractivity contribution >= 4 is 15.9 Å². The fraction of sp³-hybridized carbons (Fsp3) is 0.500. The summed E-state index contributed by atoms with van der Waals surface area (Å²) in [6.07, 6.45) is 0. The minimum absolute atomic E-state index is 0.989. The zero-order valence-corrected chi connectivity index (χ0v) is 11.3. The van der Waals surface area contributed by atoms with E-state index in [2.05, 4.69) is 58.3 Å². The van der Waals surface area contributed by atoms with E-state index in [4.69, 9.17) is 0 Å². The molecule has 15 heavy (non-hydrogen) atoms. The molecule has 0 aliphatic rings. The number of nitrogens with zero attached hydrogens (tertiary/aromatic N) is 1. The fourth-order valence-corrected chi connectivity index (χ4v) is 2.07. The van der Waals surface area contributed by atoms with Crippen LogP contribution in [0.25, 0.3) is 0 Å². The minimum Gasteiger partial charge on any atom is -0.318 e. The van der Waals surface area contributed by atoms with Crippen LogP contribution in [0, 0.1) is 6.92 Å². The number of hydrogen-bond donors (Lipinski definition) is 1. The predicted molar refractivity (Wildman–Crippen MR) is 69.1 cm³/mol. The van der Waals surface area contributed by atoms with E-state index in [0.29, 0.717) is 0 Å². The first-order valence-electron chi connectivity index (χ1n) is 5.21. The topological polar surface area (TPSA) is 15.3 Å². The van der Waals surface area contributed by atoms with Gasteiger partial charge < -0.3 is 10.2 Å². The molecule has 0 spiro atoms. The van der Waals surface area contributed by atoms with Crippen LogP contribution in [0.4, 0.5) is 0 Å². The monoisotopic (exact) mass is 270 g/mol. The zero-order valence-electron chi connectivity index (χ0n) is 9.68. The molecule has 0 aliphatic carbocycles. The largest absolute Gasteiger partial charge is 0.318 e. The van der Waals surface area contributed by atoms with E-state index in [1.165, 1.54) is 15.6 Å². The summed E-state index contributed by atoms with van der Waals surface area (Å²) in [4.78, 5) is 2.31. The molecule has 0 aliphatic heterocycles. The summed E-state index contributed by atoms with van der Waals surface area (Å²) in [5.74, 6) is 0. The Hall–Kier alpha value is -0.380. The summed E-state index contributed by atoms with van der Waals surface area (Å²) in [6, 6.07) is 6.52. The molecule has 1 N–H and O–H groups in total. The van der Waals surface area contributed by atoms with E-state index in [9.17, 15) is 0 Å². The van der Waals surface area contributed by atoms with Crippen LogP contribution in [0.5, 0.6) is 0 Å². The number of halogens is 1. The van der Waals surface area contributed by atoms with E-state index in [-0.39, 0.29) is 0 Å². The highest BCUT2D eigenvalue weighted by Gasteiger charge is 2.03. The molecular formula is C12H19BrN2. The third-order valence-electron chi connectivity index (χ3n) is 2.39. The van der Waals surface area contributed by atoms with Crippen LogP contribution in [-0.2, 0) is 6.54 Å². The van der Waals surface area contributed by atoms with Crippen LogP contribution in [0.3, 0.4) is 0 Å². The van der Waals surface area contributed by atoms with Gasteiger partial charge in [-0.3, -0.25) is 0 Å². The van der Waals surface area contributed by atoms with Crippen LogP contribution >= 0.6 is 15.9 Å². The van der Waals surface area contributed by atoms with Gasteiger partial charge in [0.1, 0.15) is 0 Å². The summed E-state index contributed by atoms with van der Waals surface area (Å²) >= 11 is 3.60. The molecule has 0 saturated heterocycles. The van der Waals surface area contributed by atoms with Gasteiger partial charge in [0, 0.05) is 24.1 Å². The highest BCUT2D eigenvalue weighted by Crippen LogP contribution is 2.19. The first-order chi connectivity index (χ1) is 7.13. The molecule has 0 heterocycles. The number of rotatable bonds is 5. The SMILES string of the molecule is CNCCN(C)Cc1ccc(C)cc1Br. The lowest BCUT2D eigenvalue weighted by molar-refractivity contribution is 0.327. The van der Waals surface area contributed by atoms with Crippen LogP contribution in [0.15, 0.2) is 22.7 Å². The third-order valence-corrected chi connectivity index (χ3v) is 3.13. The average molecular weight is 271 g/mol. The van der Waals surface area contributed by atoms with Gasteiger partial charge >= 0.3 is 0 Å². The highest BCUT2D eigenvalue weighted by atomic mass is 79.9. The molecule has 0 radical (unpaired) electrons. The maximum absolute atomic E-state index is 3.60. The normalized spacial score (nSPS) is 11.0. The molecule has 1 aromatic carbocycles. The number of hydrogen-bond acceptors (Lipinski definition) is 2. The maximum Gasteiger partial charge on any atom is 0.0242 e. The average Bonchev–Trinajstić information content (AvgIpc) is 2.19. The molecule has 2 nitrogen and oxygen atoms in total. The Balaban J connectivity index is 2.56. The van der Waals surface area contributed by atoms with Gasteiger partial charge in [-0.25, -0.2) is 0 Å². The van der Waals surface area contributed by atoms with Crippen LogP contribution in [-0.4, -0.2) is 32.1 Å². The molecule has 0 unspecified atom stereocenters. The third kappa shape index (κ3) is 4.33. The van der Waals surface area contributed by atoms with Crippen molar-refractivity contribution in [2.75, 3.05) is 27.2 Å². The zero-order chi connectivity index (χ0) is 11.3. The summed E-state index contributed by atoms with van der Waals surface area (Å²) in [5, 5.41) is 3.15. The second-order valence-electron chi connectivity index (χ2n) is 3.94. The van der Waals surface area contributed by atoms with E-state index < -0.39 is 0 Å². The van der Waals surface area contributed by atoms with Gasteiger partial charge in [-0.2, -0.15) is 0 Å². The van der Waals surface area contributed by atoms with Crippen molar-refractivity contribution in [3.63, 3.8) is 0 Å². The Morgan fingerprint density at radius 1 is 1.40 bits per heavy atom. The molecule has 1 rings (SSSR count). The van der Waals surface area contributed by atoms with E-state index in [1.807, 2.05) is 7.05 Å². The first-order valence-corrected chi connectivity index (χ1v) is 6.01. The first kappa shape index (κ1) is 12.7. The number of benzene rings is 1. The molecule has 0 fully saturated rings. The molecule has 84 valence electrons. The Kier molecular flexibility index (Phi) is 5.29. The van der Waals surface area contributed by atoms with Crippen molar-refractivity contribution in [3.05, 3.63) is 33.8 Å². The molecule has 0 atom stereocenters. The van der Waals surface area contributed by atoms with Gasteiger partial charge in [-0.05, 0) is 38.2 Å². The molecule has 0 saturated carbocycles. The van der Waals surface area contributed by atoms with Crippen molar-refractivity contribution in [1.29, 1.82) is 0 Å². The number of aryl methyl sites for hydroxylation is 1. The molecule has 0 amide bonds. The van der Waals surface area contributed by atoms with Gasteiger partial charge in [0.15, 0.2) is 0 Å². The Morgan fingerprint density at radius 2 is 2.13 bits per heavy atom. The number of nitrogens with one attached hydrogen (secondary N) is 1. The van der Waals surface area contributed by atoms with Gasteiger partial charge in [0.2, 0.25) is 0 Å². The van der Waals surface area contributed by atoms with Gasteiger partial charge in [0.25, 0.3) is 0 Å². The quantitative estimate of drug-likeness (QED) is 0.884. The smallest absolute Gasteiger partial charge is 0.0242 e. The summed E-state index contributed by atoms with van der Waals surface area (Å²) in [6.45, 7) is 5.19. The lowest BCUT2D eigenvalue weighted by Gasteiger charge is -2.17. The highest BCUT2D eigenvalue weighted by molar-refractivity contribution is 9.10. The van der Waals surface area contributed by atoms with Gasteiger partial charge in [0.05, 0.1) is 0 Å². The summed E-state index contributed by atoms with van der Waals surface area (Å²) < 4.78 is 1.21. The van der Waals surface area contributed by atoms with Crippen molar-refractivity contribution in [1.82, 2.24) is 10.2 Å². The second kappa shape index (κ2) is 6.26. The maximum atomic E-state index is 3.60. The number of likely N-dealkylation sites (N-methyl/N-ethyl adjacent to an activating group) is 2. The molecule has 0 aromatic heterocycles. The fourth-order valence-electron chi connectivity index (χ4n) is 1.45. The van der Waals surface area contributed by atoms with Crippen molar-refractivity contribution in [2.24, 2.45) is 0 Å². The lowest BCUT2D eigenvalue weighted by Crippen LogP contribution is -2.27. The molecule has 3 heteroatoms. The van der Waals surface area contributed by atoms with Crippen LogP contribution < -0.4 is 5.32 Å². The van der Waals surface area contributed by atoms with Gasteiger partial charge in [-0.15, -0.1) is 0 Å². The Bertz CT molecular complexity index is 312. The van der Waals surface area contributed by atoms with Crippen molar-refractivity contribution in [3.8, 4) is 0 Å². The second-order valence-corrected chi connectivity index (χ2v) is 4.79. The summed E-state index contributed by atoms with van der Waals surface area (Å²) in [5.41, 5.74) is 2.64. The Morgan fingerprint density at radius 3 is 2.73 bits per heavy atom. The van der Waals surface area contributed by atoms with Crippen molar-refractivity contribution in [2.45, 2.75) is 13.5 Å². The van der Waals surface area contributed by atoms with Crippen molar-refractivity contribution < 1.29 is 0 Å². The molecule has 0 bridgehead atoms. The van der Waals surface area contributed by atoms with E-state index >= 15 is 0 Å². The minimum atomic E-state index is 0.989. The van der Waals surface area contributed by atoms with Gasteiger partial charge in [-0.1, -0.05) is 28.1 Å². The summed E-state index contributed by atoms with van der Waals surface area (Å²) in [7, 11) is 4.12. The van der Waals surface area contributed by atoms with E-state index in [1.54, 1.807) is 0 Å². The Labute approximate surface area is 101 Å². The molecular weight excluding hydrogens is 252 g/mol. The lowest BCUT2D eigenvalue weighted by atomic mass is 10.1. The predicted octanol–water partition coefficient (Wildman–Crippen LogP) is 2.41. The van der Waals surface area contributed by atoms with Crippen LogP contribution in [0.2, 0.25) is 0 Å². The molecule has 1 aromatic rings. The van der Waals surface area contributed by atoms with E-state index in [0.717, 1.165) is 19.6 Å². The standard InChI is InChI=1S/C12H19BrN2/c1-10-4-5-11(12(13)8-10)9-15(3)7-6-14-2/h4-5,8,14H,6-7,9H2,1-3H3. The van der Waals surface area contributed by atoms with Crippen LogP contribution in [0.1, 0.15) is 11.1 Å².